The maximum atomic E-state index is 10.9. The van der Waals surface area contributed by atoms with E-state index in [0.29, 0.717) is 28.2 Å². The van der Waals surface area contributed by atoms with Crippen molar-refractivity contribution in [2.75, 3.05) is 19.5 Å². The molecule has 1 heterocycles. The van der Waals surface area contributed by atoms with E-state index in [9.17, 15) is 4.79 Å². The number of hydrogen-bond donors (Lipinski definition) is 2. The van der Waals surface area contributed by atoms with Crippen molar-refractivity contribution in [1.29, 1.82) is 0 Å². The number of hydrogen-bond acceptors (Lipinski definition) is 6. The number of ether oxygens (including phenoxy) is 2. The van der Waals surface area contributed by atoms with Gasteiger partial charge in [0.1, 0.15) is 18.2 Å². The maximum absolute atomic E-state index is 10.9. The van der Waals surface area contributed by atoms with Gasteiger partial charge in [0.05, 0.1) is 19.7 Å². The molecule has 2 N–H and O–H groups in total. The Morgan fingerprint density at radius 2 is 1.90 bits per heavy atom. The third kappa shape index (κ3) is 2.56. The molecule has 7 heteroatoms. The summed E-state index contributed by atoms with van der Waals surface area (Å²) in [6.45, 7) is 1.54. The second kappa shape index (κ2) is 5.60. The summed E-state index contributed by atoms with van der Waals surface area (Å²) in [6.07, 6.45) is 1.37. The topological polar surface area (TPSA) is 93.6 Å². The number of anilines is 1. The van der Waals surface area contributed by atoms with Gasteiger partial charge < -0.3 is 19.9 Å². The fourth-order valence-electron chi connectivity index (χ4n) is 1.76. The van der Waals surface area contributed by atoms with Crippen molar-refractivity contribution in [3.8, 4) is 11.5 Å². The van der Waals surface area contributed by atoms with Gasteiger partial charge in [-0.2, -0.15) is 0 Å². The molecule has 0 radical (unpaired) electrons. The maximum Gasteiger partial charge on any atom is 0.325 e. The van der Waals surface area contributed by atoms with Crippen LogP contribution in [0.25, 0.3) is 10.9 Å². The Balaban J connectivity index is 2.53. The lowest BCUT2D eigenvalue weighted by Crippen LogP contribution is -2.26. The van der Waals surface area contributed by atoms with Crippen molar-refractivity contribution in [2.24, 2.45) is 0 Å². The fraction of sp³-hybridized carbons (Fsp3) is 0.308. The number of aliphatic carboxylic acids is 1. The SMILES string of the molecule is COc1cc2ncnc(N[C@H](C)C(=O)O)c2cc1OC. The van der Waals surface area contributed by atoms with E-state index in [-0.39, 0.29) is 0 Å². The average molecular weight is 277 g/mol. The molecule has 0 spiro atoms. The summed E-state index contributed by atoms with van der Waals surface area (Å²) in [5.41, 5.74) is 0.637. The molecule has 0 fully saturated rings. The van der Waals surface area contributed by atoms with Gasteiger partial charge in [0.15, 0.2) is 11.5 Å². The summed E-state index contributed by atoms with van der Waals surface area (Å²) >= 11 is 0. The Bertz CT molecular complexity index is 645. The number of nitrogens with zero attached hydrogens (tertiary/aromatic N) is 2. The molecule has 0 aliphatic rings. The van der Waals surface area contributed by atoms with Crippen LogP contribution in [0.1, 0.15) is 6.92 Å². The lowest BCUT2D eigenvalue weighted by Gasteiger charge is -2.13. The average Bonchev–Trinajstić information content (AvgIpc) is 2.45. The van der Waals surface area contributed by atoms with E-state index in [4.69, 9.17) is 14.6 Å². The minimum Gasteiger partial charge on any atom is -0.493 e. The Hall–Kier alpha value is -2.57. The molecule has 20 heavy (non-hydrogen) atoms. The molecule has 0 amide bonds. The molecule has 0 unspecified atom stereocenters. The minimum atomic E-state index is -0.961. The van der Waals surface area contributed by atoms with Gasteiger partial charge >= 0.3 is 5.97 Å². The third-order valence-electron chi connectivity index (χ3n) is 2.86. The summed E-state index contributed by atoms with van der Waals surface area (Å²) in [7, 11) is 3.07. The highest BCUT2D eigenvalue weighted by Gasteiger charge is 2.15. The predicted octanol–water partition coefficient (Wildman–Crippen LogP) is 1.53. The summed E-state index contributed by atoms with van der Waals surface area (Å²) in [6, 6.07) is 2.67. The number of rotatable bonds is 5. The molecular formula is C13H15N3O4. The summed E-state index contributed by atoms with van der Waals surface area (Å²) in [5.74, 6) is 0.555. The second-order valence-corrected chi connectivity index (χ2v) is 4.15. The molecule has 1 aromatic heterocycles. The molecule has 2 rings (SSSR count). The summed E-state index contributed by atoms with van der Waals surface area (Å²) in [4.78, 5) is 19.1. The van der Waals surface area contributed by atoms with Crippen LogP contribution in [0.4, 0.5) is 5.82 Å². The molecular weight excluding hydrogens is 262 g/mol. The molecule has 0 bridgehead atoms. The van der Waals surface area contributed by atoms with Crippen LogP contribution in [0, 0.1) is 0 Å². The third-order valence-corrected chi connectivity index (χ3v) is 2.86. The molecule has 0 saturated heterocycles. The summed E-state index contributed by atoms with van der Waals surface area (Å²) in [5, 5.41) is 12.4. The first-order valence-electron chi connectivity index (χ1n) is 5.93. The van der Waals surface area contributed by atoms with Crippen LogP contribution in [-0.2, 0) is 4.79 Å². The van der Waals surface area contributed by atoms with Gasteiger partial charge in [0, 0.05) is 11.5 Å². The monoisotopic (exact) mass is 277 g/mol. The lowest BCUT2D eigenvalue weighted by molar-refractivity contribution is -0.137. The first-order chi connectivity index (χ1) is 9.56. The minimum absolute atomic E-state index is 0.436. The standard InChI is InChI=1S/C13H15N3O4/c1-7(13(17)18)16-12-8-4-10(19-2)11(20-3)5-9(8)14-6-15-12/h4-7H,1-3H3,(H,17,18)(H,14,15,16)/t7-/m1/s1. The molecule has 0 saturated carbocycles. The zero-order valence-corrected chi connectivity index (χ0v) is 11.4. The van der Waals surface area contributed by atoms with Crippen molar-refractivity contribution in [2.45, 2.75) is 13.0 Å². The van der Waals surface area contributed by atoms with Gasteiger partial charge in [0.25, 0.3) is 0 Å². The number of carbonyl (C=O) groups is 1. The number of aromatic nitrogens is 2. The van der Waals surface area contributed by atoms with E-state index in [1.807, 2.05) is 0 Å². The zero-order valence-electron chi connectivity index (χ0n) is 11.4. The number of carboxylic acids is 1. The second-order valence-electron chi connectivity index (χ2n) is 4.15. The van der Waals surface area contributed by atoms with E-state index in [2.05, 4.69) is 15.3 Å². The van der Waals surface area contributed by atoms with Crippen LogP contribution in [0.2, 0.25) is 0 Å². The smallest absolute Gasteiger partial charge is 0.325 e. The van der Waals surface area contributed by atoms with Gasteiger partial charge in [-0.1, -0.05) is 0 Å². The van der Waals surface area contributed by atoms with E-state index in [1.54, 1.807) is 12.1 Å². The fourth-order valence-corrected chi connectivity index (χ4v) is 1.76. The highest BCUT2D eigenvalue weighted by molar-refractivity contribution is 5.92. The van der Waals surface area contributed by atoms with Gasteiger partial charge in [-0.3, -0.25) is 4.79 Å². The first-order valence-corrected chi connectivity index (χ1v) is 5.93. The van der Waals surface area contributed by atoms with Gasteiger partial charge in [-0.25, -0.2) is 9.97 Å². The summed E-state index contributed by atoms with van der Waals surface area (Å²) < 4.78 is 10.4. The van der Waals surface area contributed by atoms with Crippen LogP contribution < -0.4 is 14.8 Å². The number of carboxylic acid groups (broad SMARTS) is 1. The molecule has 2 aromatic rings. The van der Waals surface area contributed by atoms with Crippen LogP contribution in [0.5, 0.6) is 11.5 Å². The van der Waals surface area contributed by atoms with E-state index < -0.39 is 12.0 Å². The lowest BCUT2D eigenvalue weighted by atomic mass is 10.2. The van der Waals surface area contributed by atoms with Gasteiger partial charge in [0.2, 0.25) is 0 Å². The van der Waals surface area contributed by atoms with E-state index in [1.165, 1.54) is 27.5 Å². The first kappa shape index (κ1) is 13.9. The Morgan fingerprint density at radius 3 is 2.50 bits per heavy atom. The molecule has 106 valence electrons. The predicted molar refractivity (Wildman–Crippen MR) is 73.4 cm³/mol. The molecule has 1 aromatic carbocycles. The zero-order chi connectivity index (χ0) is 14.7. The molecule has 7 nitrogen and oxygen atoms in total. The molecule has 0 aliphatic carbocycles. The van der Waals surface area contributed by atoms with Crippen molar-refractivity contribution in [3.05, 3.63) is 18.5 Å². The molecule has 1 atom stereocenters. The van der Waals surface area contributed by atoms with Crippen LogP contribution >= 0.6 is 0 Å². The number of fused-ring (bicyclic) bond motifs is 1. The van der Waals surface area contributed by atoms with Crippen molar-refractivity contribution in [1.82, 2.24) is 9.97 Å². The Kier molecular flexibility index (Phi) is 3.88. The van der Waals surface area contributed by atoms with Crippen LogP contribution in [-0.4, -0.2) is 41.3 Å². The Labute approximate surface area is 115 Å². The van der Waals surface area contributed by atoms with Gasteiger partial charge in [-0.15, -0.1) is 0 Å². The molecule has 0 aliphatic heterocycles. The van der Waals surface area contributed by atoms with Crippen LogP contribution in [0.3, 0.4) is 0 Å². The van der Waals surface area contributed by atoms with Crippen molar-refractivity contribution in [3.63, 3.8) is 0 Å². The van der Waals surface area contributed by atoms with Gasteiger partial charge in [-0.05, 0) is 13.0 Å². The van der Waals surface area contributed by atoms with Crippen LogP contribution in [0.15, 0.2) is 18.5 Å². The highest BCUT2D eigenvalue weighted by atomic mass is 16.5. The van der Waals surface area contributed by atoms with Crippen molar-refractivity contribution >= 4 is 22.7 Å². The Morgan fingerprint density at radius 1 is 1.25 bits per heavy atom. The van der Waals surface area contributed by atoms with E-state index >= 15 is 0 Å². The largest absolute Gasteiger partial charge is 0.493 e. The van der Waals surface area contributed by atoms with Crippen molar-refractivity contribution < 1.29 is 19.4 Å². The highest BCUT2D eigenvalue weighted by Crippen LogP contribution is 2.33. The number of nitrogens with one attached hydrogen (secondary N) is 1. The normalized spacial score (nSPS) is 11.9. The van der Waals surface area contributed by atoms with E-state index in [0.717, 1.165) is 0 Å². The number of benzene rings is 1. The number of methoxy groups -OCH3 is 2. The quantitative estimate of drug-likeness (QED) is 0.855.